The van der Waals surface area contributed by atoms with Crippen molar-refractivity contribution in [3.8, 4) is 0 Å². The second-order valence-electron chi connectivity index (χ2n) is 5.31. The standard InChI is InChI=1S/C19H18O3/c1-13-16(14-9-5-3-6-10-14)17(19(20)21-2)18(22-13)15-11-7-4-8-12-15/h3-13,16H,1-2H3/t13-,16-/m1/s1. The van der Waals surface area contributed by atoms with Crippen molar-refractivity contribution in [2.75, 3.05) is 7.11 Å². The molecule has 0 radical (unpaired) electrons. The van der Waals surface area contributed by atoms with Crippen LogP contribution in [0.25, 0.3) is 5.76 Å². The molecule has 0 fully saturated rings. The summed E-state index contributed by atoms with van der Waals surface area (Å²) in [5.74, 6) is 0.162. The van der Waals surface area contributed by atoms with Gasteiger partial charge in [0, 0.05) is 5.56 Å². The first-order valence-electron chi connectivity index (χ1n) is 7.32. The molecule has 1 aliphatic rings. The van der Waals surface area contributed by atoms with E-state index in [4.69, 9.17) is 9.47 Å². The van der Waals surface area contributed by atoms with Crippen molar-refractivity contribution in [2.45, 2.75) is 18.9 Å². The quantitative estimate of drug-likeness (QED) is 0.808. The number of hydrogen-bond donors (Lipinski definition) is 0. The molecule has 3 nitrogen and oxygen atoms in total. The minimum Gasteiger partial charge on any atom is -0.489 e. The maximum absolute atomic E-state index is 12.4. The molecule has 2 aromatic carbocycles. The fraction of sp³-hybridized carbons (Fsp3) is 0.211. The van der Waals surface area contributed by atoms with Crippen LogP contribution in [0.3, 0.4) is 0 Å². The van der Waals surface area contributed by atoms with Gasteiger partial charge in [-0.05, 0) is 12.5 Å². The van der Waals surface area contributed by atoms with Gasteiger partial charge in [-0.25, -0.2) is 4.79 Å². The lowest BCUT2D eigenvalue weighted by atomic mass is 9.87. The van der Waals surface area contributed by atoms with Crippen LogP contribution in [0.2, 0.25) is 0 Å². The third-order valence-corrected chi connectivity index (χ3v) is 3.93. The molecule has 0 bridgehead atoms. The molecular weight excluding hydrogens is 276 g/mol. The number of rotatable bonds is 3. The Morgan fingerprint density at radius 2 is 1.59 bits per heavy atom. The van der Waals surface area contributed by atoms with E-state index in [2.05, 4.69) is 0 Å². The van der Waals surface area contributed by atoms with Crippen LogP contribution in [0.1, 0.15) is 24.0 Å². The van der Waals surface area contributed by atoms with Crippen molar-refractivity contribution in [2.24, 2.45) is 0 Å². The number of esters is 1. The minimum absolute atomic E-state index is 0.119. The molecule has 112 valence electrons. The zero-order valence-electron chi connectivity index (χ0n) is 12.7. The number of ether oxygens (including phenoxy) is 2. The van der Waals surface area contributed by atoms with E-state index in [1.165, 1.54) is 7.11 Å². The predicted octanol–water partition coefficient (Wildman–Crippen LogP) is 3.77. The summed E-state index contributed by atoms with van der Waals surface area (Å²) in [6.45, 7) is 1.98. The topological polar surface area (TPSA) is 35.5 Å². The highest BCUT2D eigenvalue weighted by atomic mass is 16.5. The summed E-state index contributed by atoms with van der Waals surface area (Å²) in [5, 5.41) is 0. The van der Waals surface area contributed by atoms with Crippen molar-refractivity contribution in [1.29, 1.82) is 0 Å². The average Bonchev–Trinajstić information content (AvgIpc) is 2.93. The molecule has 0 saturated carbocycles. The minimum atomic E-state index is -0.336. The van der Waals surface area contributed by atoms with E-state index < -0.39 is 0 Å². The Balaban J connectivity index is 2.14. The molecule has 22 heavy (non-hydrogen) atoms. The molecule has 0 N–H and O–H groups in total. The smallest absolute Gasteiger partial charge is 0.338 e. The van der Waals surface area contributed by atoms with Gasteiger partial charge in [-0.2, -0.15) is 0 Å². The summed E-state index contributed by atoms with van der Waals surface area (Å²) in [6.07, 6.45) is -0.119. The van der Waals surface area contributed by atoms with Crippen LogP contribution in [0.4, 0.5) is 0 Å². The number of methoxy groups -OCH3 is 1. The number of hydrogen-bond acceptors (Lipinski definition) is 3. The Kier molecular flexibility index (Phi) is 3.96. The van der Waals surface area contributed by atoms with Crippen LogP contribution in [0, 0.1) is 0 Å². The Morgan fingerprint density at radius 3 is 2.18 bits per heavy atom. The molecule has 0 amide bonds. The van der Waals surface area contributed by atoms with Crippen molar-refractivity contribution >= 4 is 11.7 Å². The fourth-order valence-electron chi connectivity index (χ4n) is 2.93. The van der Waals surface area contributed by atoms with Crippen LogP contribution in [0.5, 0.6) is 0 Å². The number of benzene rings is 2. The molecule has 2 atom stereocenters. The Morgan fingerprint density at radius 1 is 1.00 bits per heavy atom. The lowest BCUT2D eigenvalue weighted by Crippen LogP contribution is -2.18. The summed E-state index contributed by atoms with van der Waals surface area (Å²) in [6, 6.07) is 19.6. The molecule has 0 aromatic heterocycles. The normalized spacial score (nSPS) is 20.6. The van der Waals surface area contributed by atoms with Gasteiger partial charge in [0.2, 0.25) is 0 Å². The largest absolute Gasteiger partial charge is 0.489 e. The van der Waals surface area contributed by atoms with Crippen molar-refractivity contribution in [3.63, 3.8) is 0 Å². The summed E-state index contributed by atoms with van der Waals surface area (Å²) >= 11 is 0. The van der Waals surface area contributed by atoms with Gasteiger partial charge in [-0.3, -0.25) is 0 Å². The van der Waals surface area contributed by atoms with Crippen molar-refractivity contribution < 1.29 is 14.3 Å². The van der Waals surface area contributed by atoms with E-state index in [1.807, 2.05) is 67.6 Å². The van der Waals surface area contributed by atoms with Gasteiger partial charge in [0.15, 0.2) is 0 Å². The first kappa shape index (κ1) is 14.4. The maximum atomic E-state index is 12.4. The van der Waals surface area contributed by atoms with Gasteiger partial charge in [0.1, 0.15) is 11.9 Å². The first-order chi connectivity index (χ1) is 10.7. The second-order valence-corrected chi connectivity index (χ2v) is 5.31. The van der Waals surface area contributed by atoms with E-state index in [0.717, 1.165) is 11.1 Å². The molecule has 0 aliphatic carbocycles. The van der Waals surface area contributed by atoms with Gasteiger partial charge in [-0.15, -0.1) is 0 Å². The van der Waals surface area contributed by atoms with Gasteiger partial charge < -0.3 is 9.47 Å². The number of carbonyl (C=O) groups is 1. The van der Waals surface area contributed by atoms with Crippen LogP contribution in [-0.4, -0.2) is 19.2 Å². The highest BCUT2D eigenvalue weighted by Crippen LogP contribution is 2.43. The molecule has 3 heteroatoms. The predicted molar refractivity (Wildman–Crippen MR) is 85.1 cm³/mol. The van der Waals surface area contributed by atoms with Crippen molar-refractivity contribution in [3.05, 3.63) is 77.4 Å². The Bertz CT molecular complexity index is 689. The van der Waals surface area contributed by atoms with Crippen LogP contribution < -0.4 is 0 Å². The monoisotopic (exact) mass is 294 g/mol. The van der Waals surface area contributed by atoms with Crippen molar-refractivity contribution in [1.82, 2.24) is 0 Å². The molecule has 3 rings (SSSR count). The molecule has 0 spiro atoms. The zero-order valence-corrected chi connectivity index (χ0v) is 12.7. The van der Waals surface area contributed by atoms with Crippen LogP contribution >= 0.6 is 0 Å². The summed E-state index contributed by atoms with van der Waals surface area (Å²) in [5.41, 5.74) is 2.54. The van der Waals surface area contributed by atoms with E-state index in [9.17, 15) is 4.79 Å². The van der Waals surface area contributed by atoms with Crippen LogP contribution in [-0.2, 0) is 14.3 Å². The molecule has 0 saturated heterocycles. The van der Waals surface area contributed by atoms with E-state index in [1.54, 1.807) is 0 Å². The SMILES string of the molecule is COC(=O)C1=C(c2ccccc2)O[C@H](C)[C@@H]1c1ccccc1. The second kappa shape index (κ2) is 6.06. The molecular formula is C19H18O3. The molecule has 0 unspecified atom stereocenters. The van der Waals surface area contributed by atoms with E-state index in [0.29, 0.717) is 11.3 Å². The van der Waals surface area contributed by atoms with Gasteiger partial charge >= 0.3 is 5.97 Å². The highest BCUT2D eigenvalue weighted by molar-refractivity contribution is 5.99. The summed E-state index contributed by atoms with van der Waals surface area (Å²) in [4.78, 5) is 12.4. The van der Waals surface area contributed by atoms with Gasteiger partial charge in [0.25, 0.3) is 0 Å². The van der Waals surface area contributed by atoms with E-state index >= 15 is 0 Å². The highest BCUT2D eigenvalue weighted by Gasteiger charge is 2.39. The summed E-state index contributed by atoms with van der Waals surface area (Å²) in [7, 11) is 1.41. The third kappa shape index (κ3) is 2.50. The van der Waals surface area contributed by atoms with E-state index in [-0.39, 0.29) is 18.0 Å². The fourth-order valence-corrected chi connectivity index (χ4v) is 2.93. The lowest BCUT2D eigenvalue weighted by Gasteiger charge is -2.17. The molecule has 1 heterocycles. The summed E-state index contributed by atoms with van der Waals surface area (Å²) < 4.78 is 11.0. The third-order valence-electron chi connectivity index (χ3n) is 3.93. The lowest BCUT2D eigenvalue weighted by molar-refractivity contribution is -0.136. The van der Waals surface area contributed by atoms with Gasteiger partial charge in [0.05, 0.1) is 18.6 Å². The average molecular weight is 294 g/mol. The number of carbonyl (C=O) groups excluding carboxylic acids is 1. The first-order valence-corrected chi connectivity index (χ1v) is 7.32. The maximum Gasteiger partial charge on any atom is 0.338 e. The molecule has 1 aliphatic heterocycles. The Labute approximate surface area is 130 Å². The zero-order chi connectivity index (χ0) is 15.5. The van der Waals surface area contributed by atoms with Gasteiger partial charge in [-0.1, -0.05) is 60.7 Å². The van der Waals surface area contributed by atoms with Crippen LogP contribution in [0.15, 0.2) is 66.2 Å². The molecule has 2 aromatic rings. The Hall–Kier alpha value is -2.55.